The molecule has 7 nitrogen and oxygen atoms in total. The lowest BCUT2D eigenvalue weighted by Gasteiger charge is -2.36. The number of rotatable bonds is 3. The number of hydrogen-bond donors (Lipinski definition) is 1. The number of ether oxygens (including phenoxy) is 1. The fourth-order valence-corrected chi connectivity index (χ4v) is 3.48. The van der Waals surface area contributed by atoms with Crippen LogP contribution in [0, 0.1) is 0 Å². The third kappa shape index (κ3) is 3.03. The van der Waals surface area contributed by atoms with Gasteiger partial charge in [-0.3, -0.25) is 9.13 Å². The summed E-state index contributed by atoms with van der Waals surface area (Å²) in [5.74, 6) is 0. The minimum atomic E-state index is -0.508. The molecule has 2 aromatic heterocycles. The third-order valence-corrected chi connectivity index (χ3v) is 4.78. The summed E-state index contributed by atoms with van der Waals surface area (Å²) >= 11 is 0. The lowest BCUT2D eigenvalue weighted by atomic mass is 9.86. The van der Waals surface area contributed by atoms with Crippen LogP contribution in [0.4, 0.5) is 4.79 Å². The number of nitrogens with zero attached hydrogens (tertiary/aromatic N) is 3. The quantitative estimate of drug-likeness (QED) is 0.929. The van der Waals surface area contributed by atoms with E-state index in [2.05, 4.69) is 10.3 Å². The Morgan fingerprint density at radius 3 is 2.60 bits per heavy atom. The minimum absolute atomic E-state index is 0.0249. The topological polar surface area (TPSA) is 78.1 Å². The summed E-state index contributed by atoms with van der Waals surface area (Å²) in [4.78, 5) is 29.2. The van der Waals surface area contributed by atoms with E-state index in [0.717, 1.165) is 36.8 Å². The van der Waals surface area contributed by atoms with Crippen molar-refractivity contribution in [3.63, 3.8) is 0 Å². The molecule has 1 amide bonds. The van der Waals surface area contributed by atoms with E-state index in [9.17, 15) is 9.59 Å². The van der Waals surface area contributed by atoms with E-state index in [1.165, 1.54) is 0 Å². The number of alkyl carbamates (subject to hydrolysis) is 1. The molecule has 2 fully saturated rings. The number of aromatic nitrogens is 3. The van der Waals surface area contributed by atoms with Crippen LogP contribution >= 0.6 is 0 Å². The fraction of sp³-hybridized carbons (Fsp3) is 0.611. The molecule has 0 bridgehead atoms. The van der Waals surface area contributed by atoms with Gasteiger partial charge in [-0.25, -0.2) is 14.6 Å². The second-order valence-corrected chi connectivity index (χ2v) is 8.07. The molecule has 2 heterocycles. The second-order valence-electron chi connectivity index (χ2n) is 8.07. The standard InChI is InChI=1S/C18H24N4O3/c1-18(2,3)25-16(23)20-11-9-13(10-11)22-15-14(5-4-8-19-15)21(17(22)24)12-6-7-12/h4-5,8,11-13H,6-7,9-10H2,1-3H3,(H,20,23)/t11-,13-. The maximum Gasteiger partial charge on any atom is 0.407 e. The van der Waals surface area contributed by atoms with E-state index >= 15 is 0 Å². The normalized spacial score (nSPS) is 23.3. The number of carbonyl (C=O) groups is 1. The van der Waals surface area contributed by atoms with Gasteiger partial charge >= 0.3 is 11.8 Å². The van der Waals surface area contributed by atoms with Crippen LogP contribution in [0.15, 0.2) is 23.1 Å². The summed E-state index contributed by atoms with van der Waals surface area (Å²) in [6.07, 6.45) is 4.88. The highest BCUT2D eigenvalue weighted by molar-refractivity contribution is 5.72. The zero-order chi connectivity index (χ0) is 17.8. The maximum absolute atomic E-state index is 12.9. The molecular weight excluding hydrogens is 320 g/mol. The van der Waals surface area contributed by atoms with Gasteiger partial charge in [0.1, 0.15) is 5.60 Å². The molecular formula is C18H24N4O3. The first-order valence-electron chi connectivity index (χ1n) is 8.90. The molecule has 25 heavy (non-hydrogen) atoms. The summed E-state index contributed by atoms with van der Waals surface area (Å²) in [7, 11) is 0. The Kier molecular flexibility index (Phi) is 3.63. The molecule has 7 heteroatoms. The Morgan fingerprint density at radius 2 is 1.96 bits per heavy atom. The molecule has 0 spiro atoms. The number of pyridine rings is 1. The van der Waals surface area contributed by atoms with Crippen molar-refractivity contribution in [2.75, 3.05) is 0 Å². The summed E-state index contributed by atoms with van der Waals surface area (Å²) in [6.45, 7) is 5.52. The van der Waals surface area contributed by atoms with Crippen molar-refractivity contribution in [3.8, 4) is 0 Å². The molecule has 134 valence electrons. The van der Waals surface area contributed by atoms with Crippen LogP contribution < -0.4 is 11.0 Å². The van der Waals surface area contributed by atoms with Crippen LogP contribution in [0.2, 0.25) is 0 Å². The van der Waals surface area contributed by atoms with E-state index in [4.69, 9.17) is 4.74 Å². The summed E-state index contributed by atoms with van der Waals surface area (Å²) < 4.78 is 8.98. The summed E-state index contributed by atoms with van der Waals surface area (Å²) in [5, 5.41) is 2.88. The van der Waals surface area contributed by atoms with Crippen LogP contribution in [0.25, 0.3) is 11.2 Å². The number of fused-ring (bicyclic) bond motifs is 1. The van der Waals surface area contributed by atoms with Gasteiger partial charge in [-0.15, -0.1) is 0 Å². The first-order chi connectivity index (χ1) is 11.8. The van der Waals surface area contributed by atoms with Gasteiger partial charge < -0.3 is 10.1 Å². The number of nitrogens with one attached hydrogen (secondary N) is 1. The monoisotopic (exact) mass is 344 g/mol. The summed E-state index contributed by atoms with van der Waals surface area (Å²) in [6, 6.07) is 4.27. The molecule has 4 rings (SSSR count). The Labute approximate surface area is 146 Å². The number of amides is 1. The van der Waals surface area contributed by atoms with E-state index in [-0.39, 0.29) is 17.8 Å². The van der Waals surface area contributed by atoms with Crippen LogP contribution in [-0.2, 0) is 4.74 Å². The Bertz CT molecular complexity index is 867. The van der Waals surface area contributed by atoms with Gasteiger partial charge in [-0.1, -0.05) is 0 Å². The predicted molar refractivity (Wildman–Crippen MR) is 93.7 cm³/mol. The molecule has 2 aliphatic carbocycles. The third-order valence-electron chi connectivity index (χ3n) is 4.78. The maximum atomic E-state index is 12.9. The predicted octanol–water partition coefficient (Wildman–Crippen LogP) is 2.76. The molecule has 0 aromatic carbocycles. The average Bonchev–Trinajstić information content (AvgIpc) is 3.25. The molecule has 0 saturated heterocycles. The highest BCUT2D eigenvalue weighted by atomic mass is 16.6. The Balaban J connectivity index is 1.51. The molecule has 2 aromatic rings. The van der Waals surface area contributed by atoms with Crippen molar-refractivity contribution in [3.05, 3.63) is 28.8 Å². The second kappa shape index (κ2) is 5.61. The van der Waals surface area contributed by atoms with Gasteiger partial charge in [-0.2, -0.15) is 0 Å². The van der Waals surface area contributed by atoms with Crippen molar-refractivity contribution in [1.29, 1.82) is 0 Å². The molecule has 1 N–H and O–H groups in total. The van der Waals surface area contributed by atoms with Crippen molar-refractivity contribution < 1.29 is 9.53 Å². The largest absolute Gasteiger partial charge is 0.444 e. The van der Waals surface area contributed by atoms with Crippen LogP contribution in [0.3, 0.4) is 0 Å². The number of imidazole rings is 1. The van der Waals surface area contributed by atoms with Crippen LogP contribution in [0.5, 0.6) is 0 Å². The van der Waals surface area contributed by atoms with E-state index in [0.29, 0.717) is 6.04 Å². The Hall–Kier alpha value is -2.31. The van der Waals surface area contributed by atoms with Crippen molar-refractivity contribution in [1.82, 2.24) is 19.4 Å². The van der Waals surface area contributed by atoms with Crippen molar-refractivity contribution >= 4 is 17.3 Å². The molecule has 0 unspecified atom stereocenters. The highest BCUT2D eigenvalue weighted by Crippen LogP contribution is 2.38. The highest BCUT2D eigenvalue weighted by Gasteiger charge is 2.37. The van der Waals surface area contributed by atoms with Gasteiger partial charge in [0, 0.05) is 24.3 Å². The summed E-state index contributed by atoms with van der Waals surface area (Å²) in [5.41, 5.74) is 1.18. The minimum Gasteiger partial charge on any atom is -0.444 e. The van der Waals surface area contributed by atoms with Gasteiger partial charge in [0.05, 0.1) is 5.52 Å². The molecule has 2 aliphatic rings. The smallest absolute Gasteiger partial charge is 0.407 e. The van der Waals surface area contributed by atoms with Crippen LogP contribution in [0.1, 0.15) is 58.5 Å². The van der Waals surface area contributed by atoms with E-state index < -0.39 is 11.7 Å². The van der Waals surface area contributed by atoms with Gasteiger partial charge in [0.25, 0.3) is 0 Å². The van der Waals surface area contributed by atoms with Gasteiger partial charge in [0.15, 0.2) is 5.65 Å². The molecule has 0 aliphatic heterocycles. The Morgan fingerprint density at radius 1 is 1.24 bits per heavy atom. The average molecular weight is 344 g/mol. The zero-order valence-corrected chi connectivity index (χ0v) is 14.9. The SMILES string of the molecule is CC(C)(C)OC(=O)N[C@H]1C[C@H](n2c(=O)n(C3CC3)c3cccnc32)C1. The lowest BCUT2D eigenvalue weighted by molar-refractivity contribution is 0.0456. The lowest BCUT2D eigenvalue weighted by Crippen LogP contribution is -2.48. The van der Waals surface area contributed by atoms with E-state index in [1.807, 2.05) is 37.5 Å². The van der Waals surface area contributed by atoms with Gasteiger partial charge in [0.2, 0.25) is 0 Å². The number of hydrogen-bond acceptors (Lipinski definition) is 4. The van der Waals surface area contributed by atoms with E-state index in [1.54, 1.807) is 10.8 Å². The fourth-order valence-electron chi connectivity index (χ4n) is 3.48. The van der Waals surface area contributed by atoms with Crippen molar-refractivity contribution in [2.45, 2.75) is 70.2 Å². The molecule has 2 saturated carbocycles. The zero-order valence-electron chi connectivity index (χ0n) is 14.9. The number of carbonyl (C=O) groups excluding carboxylic acids is 1. The van der Waals surface area contributed by atoms with Crippen molar-refractivity contribution in [2.24, 2.45) is 0 Å². The van der Waals surface area contributed by atoms with Gasteiger partial charge in [-0.05, 0) is 58.6 Å². The molecule has 0 radical (unpaired) electrons. The molecule has 0 atom stereocenters. The first kappa shape index (κ1) is 16.2. The van der Waals surface area contributed by atoms with Crippen LogP contribution in [-0.4, -0.2) is 31.9 Å². The first-order valence-corrected chi connectivity index (χ1v) is 8.90.